The number of aromatic nitrogens is 2. The van der Waals surface area contributed by atoms with Crippen molar-refractivity contribution in [1.82, 2.24) is 20.2 Å². The number of fused-ring (bicyclic) bond motifs is 2. The lowest BCUT2D eigenvalue weighted by Gasteiger charge is -2.37. The van der Waals surface area contributed by atoms with Crippen LogP contribution in [0.4, 0.5) is 11.5 Å². The van der Waals surface area contributed by atoms with Crippen LogP contribution >= 0.6 is 11.6 Å². The van der Waals surface area contributed by atoms with Crippen molar-refractivity contribution < 1.29 is 4.74 Å². The van der Waals surface area contributed by atoms with E-state index >= 15 is 0 Å². The van der Waals surface area contributed by atoms with E-state index in [9.17, 15) is 5.26 Å². The Balaban J connectivity index is 1.19. The number of nitrogens with zero attached hydrogens (tertiary/aromatic N) is 6. The van der Waals surface area contributed by atoms with Gasteiger partial charge in [-0.15, -0.1) is 0 Å². The van der Waals surface area contributed by atoms with Gasteiger partial charge in [-0.2, -0.15) is 15.2 Å². The van der Waals surface area contributed by atoms with E-state index in [-0.39, 0.29) is 11.5 Å². The van der Waals surface area contributed by atoms with Gasteiger partial charge in [-0.3, -0.25) is 0 Å². The fraction of sp³-hybridized carbons (Fsp3) is 0.531. The van der Waals surface area contributed by atoms with Crippen LogP contribution in [-0.2, 0) is 13.0 Å². The first-order valence-electron chi connectivity index (χ1n) is 15.1. The monoisotopic (exact) mass is 571 g/mol. The number of ether oxygens (including phenoxy) is 1. The Kier molecular flexibility index (Phi) is 7.36. The minimum absolute atomic E-state index is 0.136. The van der Waals surface area contributed by atoms with Crippen LogP contribution in [0.15, 0.2) is 36.4 Å². The van der Waals surface area contributed by atoms with Crippen LogP contribution in [0.2, 0.25) is 5.02 Å². The SMILES string of the molecule is N#CC[C@H]1CN(c2nc(OCC3(CN4CCCC4)CC3)nc3c2CCN(c2cccc4cccc(Cl)c24)C3)CCN1. The summed E-state index contributed by atoms with van der Waals surface area (Å²) in [7, 11) is 0. The van der Waals surface area contributed by atoms with Crippen molar-refractivity contribution in [3.05, 3.63) is 52.7 Å². The standard InChI is InChI=1S/C32H38ClN7O/c33-26-7-3-5-23-6-4-8-28(29(23)26)39-17-10-25-27(20-39)36-31(37-30(25)40-18-14-35-24(19-40)9-13-34)41-22-32(11-12-32)21-38-15-1-2-16-38/h3-8,24,35H,1-2,9-12,14-22H2/t24-/m0/s1. The Morgan fingerprint density at radius 1 is 1.05 bits per heavy atom. The first kappa shape index (κ1) is 26.8. The van der Waals surface area contributed by atoms with Gasteiger partial charge in [0.2, 0.25) is 0 Å². The summed E-state index contributed by atoms with van der Waals surface area (Å²) in [5, 5.41) is 15.8. The van der Waals surface area contributed by atoms with Crippen molar-refractivity contribution in [1.29, 1.82) is 5.26 Å². The predicted octanol–water partition coefficient (Wildman–Crippen LogP) is 4.79. The van der Waals surface area contributed by atoms with Gasteiger partial charge in [0, 0.05) is 60.8 Å². The molecule has 0 bridgehead atoms. The van der Waals surface area contributed by atoms with Crippen molar-refractivity contribution >= 4 is 33.9 Å². The average Bonchev–Trinajstić information content (AvgIpc) is 3.57. The van der Waals surface area contributed by atoms with Crippen LogP contribution < -0.4 is 19.9 Å². The molecular formula is C32H38ClN7O. The van der Waals surface area contributed by atoms with E-state index in [1.165, 1.54) is 44.3 Å². The van der Waals surface area contributed by atoms with E-state index in [0.717, 1.165) is 72.1 Å². The summed E-state index contributed by atoms with van der Waals surface area (Å²) in [6.07, 6.45) is 6.38. The summed E-state index contributed by atoms with van der Waals surface area (Å²) in [5.41, 5.74) is 3.61. The van der Waals surface area contributed by atoms with Crippen LogP contribution in [-0.4, -0.2) is 73.3 Å². The molecule has 3 aromatic rings. The number of benzene rings is 2. The average molecular weight is 572 g/mol. The van der Waals surface area contributed by atoms with Crippen LogP contribution in [0, 0.1) is 16.7 Å². The molecule has 1 aliphatic carbocycles. The topological polar surface area (TPSA) is 80.5 Å². The molecule has 8 nitrogen and oxygen atoms in total. The number of nitriles is 1. The number of likely N-dealkylation sites (tertiary alicyclic amines) is 1. The molecule has 214 valence electrons. The van der Waals surface area contributed by atoms with Gasteiger partial charge in [0.05, 0.1) is 36.4 Å². The third kappa shape index (κ3) is 5.55. The van der Waals surface area contributed by atoms with Gasteiger partial charge in [-0.05, 0) is 62.7 Å². The molecule has 1 atom stereocenters. The van der Waals surface area contributed by atoms with Crippen LogP contribution in [0.25, 0.3) is 10.8 Å². The second-order valence-corrected chi connectivity index (χ2v) is 12.7. The molecule has 0 spiro atoms. The Morgan fingerprint density at radius 3 is 2.68 bits per heavy atom. The van der Waals surface area contributed by atoms with Gasteiger partial charge < -0.3 is 24.8 Å². The molecular weight excluding hydrogens is 534 g/mol. The molecule has 1 saturated carbocycles. The highest BCUT2D eigenvalue weighted by molar-refractivity contribution is 6.36. The smallest absolute Gasteiger partial charge is 0.318 e. The predicted molar refractivity (Wildman–Crippen MR) is 163 cm³/mol. The zero-order valence-corrected chi connectivity index (χ0v) is 24.4. The molecule has 1 aromatic heterocycles. The van der Waals surface area contributed by atoms with E-state index in [1.807, 2.05) is 12.1 Å². The first-order valence-corrected chi connectivity index (χ1v) is 15.5. The summed E-state index contributed by atoms with van der Waals surface area (Å²) in [6.45, 7) is 8.20. The second kappa shape index (κ2) is 11.3. The zero-order valence-electron chi connectivity index (χ0n) is 23.6. The summed E-state index contributed by atoms with van der Waals surface area (Å²) in [4.78, 5) is 17.4. The highest BCUT2D eigenvalue weighted by atomic mass is 35.5. The fourth-order valence-corrected chi connectivity index (χ4v) is 7.16. The van der Waals surface area contributed by atoms with Crippen molar-refractivity contribution in [2.45, 2.75) is 51.1 Å². The lowest BCUT2D eigenvalue weighted by Crippen LogP contribution is -2.51. The molecule has 2 aromatic carbocycles. The van der Waals surface area contributed by atoms with Gasteiger partial charge in [0.15, 0.2) is 0 Å². The van der Waals surface area contributed by atoms with Crippen molar-refractivity contribution in [3.8, 4) is 12.1 Å². The lowest BCUT2D eigenvalue weighted by atomic mass is 10.0. The van der Waals surface area contributed by atoms with Crippen LogP contribution in [0.1, 0.15) is 43.4 Å². The third-order valence-corrected chi connectivity index (χ3v) is 9.63. The van der Waals surface area contributed by atoms with Gasteiger partial charge >= 0.3 is 6.01 Å². The molecule has 2 saturated heterocycles. The maximum Gasteiger partial charge on any atom is 0.318 e. The van der Waals surface area contributed by atoms with E-state index in [2.05, 4.69) is 50.4 Å². The van der Waals surface area contributed by atoms with Crippen LogP contribution in [0.5, 0.6) is 6.01 Å². The molecule has 0 unspecified atom stereocenters. The molecule has 7 rings (SSSR count). The summed E-state index contributed by atoms with van der Waals surface area (Å²) < 4.78 is 6.46. The Hall–Kier alpha value is -3.12. The number of rotatable bonds is 8. The molecule has 4 heterocycles. The van der Waals surface area contributed by atoms with Gasteiger partial charge in [0.25, 0.3) is 0 Å². The largest absolute Gasteiger partial charge is 0.463 e. The summed E-state index contributed by atoms with van der Waals surface area (Å²) >= 11 is 6.71. The maximum atomic E-state index is 9.33. The Bertz CT molecular complexity index is 1460. The van der Waals surface area contributed by atoms with Crippen molar-refractivity contribution in [2.75, 3.05) is 62.2 Å². The number of nitrogens with one attached hydrogen (secondary N) is 1. The molecule has 3 fully saturated rings. The molecule has 41 heavy (non-hydrogen) atoms. The summed E-state index contributed by atoms with van der Waals surface area (Å²) in [6, 6.07) is 15.4. The number of hydrogen-bond acceptors (Lipinski definition) is 8. The molecule has 0 radical (unpaired) electrons. The molecule has 1 N–H and O–H groups in total. The van der Waals surface area contributed by atoms with Gasteiger partial charge in [-0.25, -0.2) is 0 Å². The Labute approximate surface area is 247 Å². The minimum Gasteiger partial charge on any atom is -0.463 e. The van der Waals surface area contributed by atoms with Gasteiger partial charge in [0.1, 0.15) is 5.82 Å². The van der Waals surface area contributed by atoms with Crippen molar-refractivity contribution in [2.24, 2.45) is 5.41 Å². The molecule has 0 amide bonds. The van der Waals surface area contributed by atoms with Crippen molar-refractivity contribution in [3.63, 3.8) is 0 Å². The van der Waals surface area contributed by atoms with E-state index in [0.29, 0.717) is 25.6 Å². The molecule has 9 heteroatoms. The molecule has 4 aliphatic rings. The maximum absolute atomic E-state index is 9.33. The fourth-order valence-electron chi connectivity index (χ4n) is 6.88. The zero-order chi connectivity index (χ0) is 27.8. The highest BCUT2D eigenvalue weighted by Crippen LogP contribution is 2.47. The van der Waals surface area contributed by atoms with E-state index in [1.54, 1.807) is 0 Å². The van der Waals surface area contributed by atoms with Crippen LogP contribution in [0.3, 0.4) is 0 Å². The third-order valence-electron chi connectivity index (χ3n) is 9.31. The second-order valence-electron chi connectivity index (χ2n) is 12.3. The normalized spacial score (nSPS) is 22.0. The first-order chi connectivity index (χ1) is 20.1. The quantitative estimate of drug-likeness (QED) is 0.413. The molecule has 3 aliphatic heterocycles. The lowest BCUT2D eigenvalue weighted by molar-refractivity contribution is 0.169. The van der Waals surface area contributed by atoms with E-state index < -0.39 is 0 Å². The van der Waals surface area contributed by atoms with E-state index in [4.69, 9.17) is 26.3 Å². The number of piperazine rings is 1. The highest BCUT2D eigenvalue weighted by Gasteiger charge is 2.45. The number of halogens is 1. The minimum atomic E-state index is 0.136. The number of hydrogen-bond donors (Lipinski definition) is 1. The number of anilines is 2. The van der Waals surface area contributed by atoms with Gasteiger partial charge in [-0.1, -0.05) is 35.9 Å². The Morgan fingerprint density at radius 2 is 1.88 bits per heavy atom. The summed E-state index contributed by atoms with van der Waals surface area (Å²) in [5.74, 6) is 0.981.